The molecular formula is C18H24ClN5O3S. The predicted octanol–water partition coefficient (Wildman–Crippen LogP) is 1.96. The number of likely N-dealkylation sites (tertiary alicyclic amines) is 1. The number of nitrogens with one attached hydrogen (secondary N) is 1. The normalized spacial score (nSPS) is 21.0. The molecule has 3 atom stereocenters. The number of hydrogen-bond donors (Lipinski definition) is 2. The average Bonchev–Trinajstić information content (AvgIpc) is 3.32. The van der Waals surface area contributed by atoms with Gasteiger partial charge in [-0.3, -0.25) is 9.59 Å². The quantitative estimate of drug-likeness (QED) is 0.779. The molecule has 0 radical (unpaired) electrons. The summed E-state index contributed by atoms with van der Waals surface area (Å²) < 4.78 is 2.18. The molecule has 0 aliphatic carbocycles. The van der Waals surface area contributed by atoms with Gasteiger partial charge in [0.2, 0.25) is 11.8 Å². The molecule has 1 aliphatic heterocycles. The van der Waals surface area contributed by atoms with Crippen LogP contribution in [0.3, 0.4) is 0 Å². The Morgan fingerprint density at radius 1 is 1.39 bits per heavy atom. The van der Waals surface area contributed by atoms with E-state index >= 15 is 0 Å². The summed E-state index contributed by atoms with van der Waals surface area (Å²) in [6.45, 7) is 5.91. The van der Waals surface area contributed by atoms with E-state index in [1.165, 1.54) is 28.0 Å². The Kier molecular flexibility index (Phi) is 5.79. The number of aliphatic hydroxyl groups excluding tert-OH is 1. The van der Waals surface area contributed by atoms with E-state index in [1.807, 2.05) is 26.8 Å². The number of aliphatic hydroxyl groups is 1. The van der Waals surface area contributed by atoms with Crippen molar-refractivity contribution in [2.45, 2.75) is 45.4 Å². The van der Waals surface area contributed by atoms with Crippen molar-refractivity contribution in [3.63, 3.8) is 0 Å². The Balaban J connectivity index is 1.94. The second kappa shape index (κ2) is 7.81. The number of nitrogens with zero attached hydrogens (tertiary/aromatic N) is 4. The van der Waals surface area contributed by atoms with E-state index in [9.17, 15) is 14.7 Å². The Labute approximate surface area is 172 Å². The first-order valence-corrected chi connectivity index (χ1v) is 10.2. The number of amides is 2. The van der Waals surface area contributed by atoms with E-state index < -0.39 is 23.6 Å². The Hall–Kier alpha value is -1.97. The highest BCUT2D eigenvalue weighted by Crippen LogP contribution is 2.36. The fourth-order valence-corrected chi connectivity index (χ4v) is 4.47. The first-order valence-electron chi connectivity index (χ1n) is 8.99. The van der Waals surface area contributed by atoms with Gasteiger partial charge in [0.05, 0.1) is 21.5 Å². The van der Waals surface area contributed by atoms with Crippen LogP contribution in [0.15, 0.2) is 18.3 Å². The zero-order valence-corrected chi connectivity index (χ0v) is 17.8. The van der Waals surface area contributed by atoms with Gasteiger partial charge in [0, 0.05) is 20.0 Å². The van der Waals surface area contributed by atoms with E-state index in [2.05, 4.69) is 15.6 Å². The number of halogens is 1. The van der Waals surface area contributed by atoms with Crippen molar-refractivity contribution < 1.29 is 14.7 Å². The third kappa shape index (κ3) is 4.06. The molecule has 2 aromatic rings. The van der Waals surface area contributed by atoms with Gasteiger partial charge >= 0.3 is 0 Å². The van der Waals surface area contributed by atoms with Crippen LogP contribution in [0.1, 0.15) is 33.2 Å². The van der Waals surface area contributed by atoms with Crippen LogP contribution in [0.2, 0.25) is 4.34 Å². The molecule has 3 rings (SSSR count). The number of β-amino-alcohol motifs (C(OH)–C–C–N with tert-alkyl or cyclic N) is 1. The molecule has 1 fully saturated rings. The molecule has 1 aliphatic rings. The summed E-state index contributed by atoms with van der Waals surface area (Å²) in [5, 5.41) is 21.0. The summed E-state index contributed by atoms with van der Waals surface area (Å²) in [6, 6.07) is 2.26. The predicted molar refractivity (Wildman–Crippen MR) is 107 cm³/mol. The molecular weight excluding hydrogens is 402 g/mol. The van der Waals surface area contributed by atoms with E-state index in [1.54, 1.807) is 12.3 Å². The van der Waals surface area contributed by atoms with E-state index in [-0.39, 0.29) is 24.8 Å². The van der Waals surface area contributed by atoms with E-state index in [0.29, 0.717) is 10.0 Å². The average molecular weight is 426 g/mol. The maximum absolute atomic E-state index is 13.4. The minimum absolute atomic E-state index is 0.117. The number of aromatic nitrogens is 3. The van der Waals surface area contributed by atoms with E-state index in [4.69, 9.17) is 11.6 Å². The number of carbonyl (C=O) groups is 2. The third-order valence-corrected chi connectivity index (χ3v) is 6.02. The molecule has 2 amide bonds. The number of thiophene rings is 1. The number of rotatable bonds is 4. The summed E-state index contributed by atoms with van der Waals surface area (Å²) in [5.41, 5.74) is 0.138. The Morgan fingerprint density at radius 3 is 2.68 bits per heavy atom. The van der Waals surface area contributed by atoms with Gasteiger partial charge in [-0.25, -0.2) is 4.68 Å². The van der Waals surface area contributed by atoms with Crippen LogP contribution >= 0.6 is 22.9 Å². The molecule has 0 aromatic carbocycles. The monoisotopic (exact) mass is 425 g/mol. The molecule has 1 saturated heterocycles. The van der Waals surface area contributed by atoms with E-state index in [0.717, 1.165) is 4.88 Å². The second-order valence-electron chi connectivity index (χ2n) is 7.97. The van der Waals surface area contributed by atoms with Crippen LogP contribution in [0.5, 0.6) is 0 Å². The number of likely N-dealkylation sites (N-methyl/N-ethyl adjacent to an activating group) is 1. The highest BCUT2D eigenvalue weighted by molar-refractivity contribution is 7.19. The van der Waals surface area contributed by atoms with Gasteiger partial charge < -0.3 is 15.3 Å². The topological polar surface area (TPSA) is 100 Å². The summed E-state index contributed by atoms with van der Waals surface area (Å²) in [4.78, 5) is 28.0. The lowest BCUT2D eigenvalue weighted by Crippen LogP contribution is -2.49. The van der Waals surface area contributed by atoms with Gasteiger partial charge in [-0.1, -0.05) is 37.6 Å². The van der Waals surface area contributed by atoms with Crippen LogP contribution in [-0.2, 0) is 9.59 Å². The molecule has 2 unspecified atom stereocenters. The fraction of sp³-hybridized carbons (Fsp3) is 0.556. The molecule has 28 heavy (non-hydrogen) atoms. The molecule has 0 bridgehead atoms. The molecule has 8 nitrogen and oxygen atoms in total. The molecule has 3 heterocycles. The highest BCUT2D eigenvalue weighted by Gasteiger charge is 2.45. The minimum Gasteiger partial charge on any atom is -0.391 e. The van der Waals surface area contributed by atoms with Crippen molar-refractivity contribution in [3.05, 3.63) is 22.7 Å². The summed E-state index contributed by atoms with van der Waals surface area (Å²) in [7, 11) is 1.52. The van der Waals surface area contributed by atoms with Crippen molar-refractivity contribution in [2.75, 3.05) is 13.6 Å². The number of carbonyl (C=O) groups excluding carboxylic acids is 2. The van der Waals surface area contributed by atoms with Crippen molar-refractivity contribution in [1.29, 1.82) is 0 Å². The zero-order valence-electron chi connectivity index (χ0n) is 16.2. The zero-order chi connectivity index (χ0) is 20.6. The van der Waals surface area contributed by atoms with Crippen molar-refractivity contribution in [3.8, 4) is 10.6 Å². The Morgan fingerprint density at radius 2 is 2.11 bits per heavy atom. The molecule has 0 saturated carbocycles. The van der Waals surface area contributed by atoms with Gasteiger partial charge in [-0.2, -0.15) is 0 Å². The van der Waals surface area contributed by atoms with Crippen LogP contribution < -0.4 is 5.32 Å². The molecule has 10 heteroatoms. The van der Waals surface area contributed by atoms with Gasteiger partial charge in [-0.15, -0.1) is 16.4 Å². The van der Waals surface area contributed by atoms with Crippen molar-refractivity contribution in [2.24, 2.45) is 5.41 Å². The van der Waals surface area contributed by atoms with Gasteiger partial charge in [-0.05, 0) is 17.5 Å². The first-order chi connectivity index (χ1) is 13.1. The lowest BCUT2D eigenvalue weighted by molar-refractivity contribution is -0.144. The SMILES string of the molecule is CNC(=O)C1CC(O)CN1C(=O)[C@@H](n1cc(-c2ccc(Cl)s2)nn1)C(C)(C)C. The third-order valence-electron chi connectivity index (χ3n) is 4.77. The van der Waals surface area contributed by atoms with Crippen LogP contribution in [-0.4, -0.2) is 62.6 Å². The highest BCUT2D eigenvalue weighted by atomic mass is 35.5. The lowest BCUT2D eigenvalue weighted by Gasteiger charge is -2.34. The lowest BCUT2D eigenvalue weighted by atomic mass is 9.85. The van der Waals surface area contributed by atoms with Crippen LogP contribution in [0, 0.1) is 5.41 Å². The maximum atomic E-state index is 13.4. The maximum Gasteiger partial charge on any atom is 0.248 e. The summed E-state index contributed by atoms with van der Waals surface area (Å²) in [6.07, 6.45) is 1.21. The van der Waals surface area contributed by atoms with Crippen LogP contribution in [0.4, 0.5) is 0 Å². The first kappa shape index (κ1) is 20.8. The van der Waals surface area contributed by atoms with Gasteiger partial charge in [0.1, 0.15) is 17.8 Å². The second-order valence-corrected chi connectivity index (χ2v) is 9.68. The molecule has 2 N–H and O–H groups in total. The minimum atomic E-state index is -0.730. The fourth-order valence-electron chi connectivity index (χ4n) is 3.48. The summed E-state index contributed by atoms with van der Waals surface area (Å²) in [5.74, 6) is -0.552. The Bertz CT molecular complexity index is 875. The standard InChI is InChI=1S/C18H24ClN5O3S/c1-18(2,3)15(17(27)23-8-10(25)7-12(23)16(26)20-4)24-9-11(21-22-24)13-5-6-14(19)28-13/h5-6,9-10,12,15,25H,7-8H2,1-4H3,(H,20,26)/t10?,12?,15-/m1/s1. The number of hydrogen-bond acceptors (Lipinski definition) is 6. The largest absolute Gasteiger partial charge is 0.391 e. The van der Waals surface area contributed by atoms with Gasteiger partial charge in [0.15, 0.2) is 0 Å². The smallest absolute Gasteiger partial charge is 0.248 e. The summed E-state index contributed by atoms with van der Waals surface area (Å²) >= 11 is 7.39. The van der Waals surface area contributed by atoms with Crippen LogP contribution in [0.25, 0.3) is 10.6 Å². The molecule has 2 aromatic heterocycles. The molecule has 152 valence electrons. The molecule has 0 spiro atoms. The van der Waals surface area contributed by atoms with Crippen molar-refractivity contribution in [1.82, 2.24) is 25.2 Å². The van der Waals surface area contributed by atoms with Crippen molar-refractivity contribution >= 4 is 34.8 Å². The van der Waals surface area contributed by atoms with Gasteiger partial charge in [0.25, 0.3) is 0 Å².